The number of carboxylic acids is 1. The molecule has 0 aromatic carbocycles. The largest absolute Gasteiger partial charge is 0.481 e. The van der Waals surface area contributed by atoms with E-state index in [0.29, 0.717) is 0 Å². The molecule has 0 aromatic heterocycles. The van der Waals surface area contributed by atoms with Gasteiger partial charge in [-0.15, -0.1) is 0 Å². The van der Waals surface area contributed by atoms with Gasteiger partial charge in [0.1, 0.15) is 5.25 Å². The highest BCUT2D eigenvalue weighted by Crippen LogP contribution is 2.29. The van der Waals surface area contributed by atoms with E-state index in [1.165, 1.54) is 0 Å². The smallest absolute Gasteiger partial charge is 0.304 e. The van der Waals surface area contributed by atoms with Crippen molar-refractivity contribution in [2.24, 2.45) is 5.92 Å². The molecule has 1 saturated carbocycles. The summed E-state index contributed by atoms with van der Waals surface area (Å²) in [7, 11) is -3.52. The molecule has 1 aliphatic heterocycles. The number of carbonyl (C=O) groups excluding carboxylic acids is 1. The Kier molecular flexibility index (Phi) is 4.64. The van der Waals surface area contributed by atoms with Gasteiger partial charge in [-0.05, 0) is 12.8 Å². The number of carbonyl (C=O) groups is 2. The van der Waals surface area contributed by atoms with Crippen LogP contribution in [0.4, 0.5) is 0 Å². The maximum absolute atomic E-state index is 12.0. The number of carboxylic acid groups (broad SMARTS) is 1. The average Bonchev–Trinajstić information content (AvgIpc) is 2.78. The first kappa shape index (κ1) is 15.2. The average molecular weight is 304 g/mol. The lowest BCUT2D eigenvalue weighted by Crippen LogP contribution is -2.60. The van der Waals surface area contributed by atoms with Crippen molar-refractivity contribution in [1.29, 1.82) is 0 Å². The summed E-state index contributed by atoms with van der Waals surface area (Å²) in [5, 5.41) is 7.86. The zero-order valence-corrected chi connectivity index (χ0v) is 12.1. The summed E-state index contributed by atoms with van der Waals surface area (Å²) in [6.07, 6.45) is 3.72. The summed E-state index contributed by atoms with van der Waals surface area (Å²) in [6, 6.07) is 0. The molecule has 2 N–H and O–H groups in total. The molecule has 0 aromatic rings. The molecule has 1 amide bonds. The Bertz CT molecular complexity index is 478. The number of likely N-dealkylation sites (tertiary alicyclic amines) is 1. The number of nitrogens with zero attached hydrogens (tertiary/aromatic N) is 1. The van der Waals surface area contributed by atoms with E-state index in [0.717, 1.165) is 25.7 Å². The minimum atomic E-state index is -3.52. The summed E-state index contributed by atoms with van der Waals surface area (Å²) in [5.41, 5.74) is 0. The van der Waals surface area contributed by atoms with Gasteiger partial charge in [-0.3, -0.25) is 9.59 Å². The van der Waals surface area contributed by atoms with Gasteiger partial charge in [0.05, 0.1) is 6.42 Å². The van der Waals surface area contributed by atoms with Crippen LogP contribution < -0.4 is 4.72 Å². The van der Waals surface area contributed by atoms with E-state index < -0.39 is 21.2 Å². The van der Waals surface area contributed by atoms with Crippen LogP contribution in [0.25, 0.3) is 0 Å². The van der Waals surface area contributed by atoms with E-state index in [9.17, 15) is 18.0 Å². The zero-order valence-electron chi connectivity index (χ0n) is 11.2. The van der Waals surface area contributed by atoms with E-state index in [-0.39, 0.29) is 37.9 Å². The van der Waals surface area contributed by atoms with E-state index in [4.69, 9.17) is 5.11 Å². The van der Waals surface area contributed by atoms with Crippen LogP contribution in [0.5, 0.6) is 0 Å². The number of rotatable bonds is 6. The lowest BCUT2D eigenvalue weighted by Gasteiger charge is -2.39. The molecule has 0 radical (unpaired) electrons. The number of amides is 1. The predicted octanol–water partition coefficient (Wildman–Crippen LogP) is -0.218. The Morgan fingerprint density at radius 3 is 2.35 bits per heavy atom. The van der Waals surface area contributed by atoms with Crippen LogP contribution >= 0.6 is 0 Å². The summed E-state index contributed by atoms with van der Waals surface area (Å²) in [5.74, 6) is -0.905. The van der Waals surface area contributed by atoms with E-state index >= 15 is 0 Å². The van der Waals surface area contributed by atoms with Crippen LogP contribution in [0.1, 0.15) is 32.1 Å². The summed E-state index contributed by atoms with van der Waals surface area (Å²) < 4.78 is 26.0. The van der Waals surface area contributed by atoms with E-state index in [1.807, 2.05) is 0 Å². The van der Waals surface area contributed by atoms with Gasteiger partial charge in [0.15, 0.2) is 0 Å². The van der Waals surface area contributed by atoms with Crippen LogP contribution in [0.3, 0.4) is 0 Å². The third-order valence-electron chi connectivity index (χ3n) is 3.95. The second-order valence-corrected chi connectivity index (χ2v) is 7.48. The summed E-state index contributed by atoms with van der Waals surface area (Å²) in [4.78, 5) is 24.0. The summed E-state index contributed by atoms with van der Waals surface area (Å²) in [6.45, 7) is 0.334. The molecule has 2 fully saturated rings. The van der Waals surface area contributed by atoms with Crippen molar-refractivity contribution in [3.8, 4) is 0 Å². The molecule has 1 aliphatic carbocycles. The number of hydrogen-bond donors (Lipinski definition) is 2. The van der Waals surface area contributed by atoms with Crippen molar-refractivity contribution < 1.29 is 23.1 Å². The van der Waals surface area contributed by atoms with Crippen molar-refractivity contribution in [2.45, 2.75) is 37.4 Å². The fourth-order valence-corrected chi connectivity index (χ4v) is 4.04. The fourth-order valence-electron chi connectivity index (χ4n) is 2.66. The van der Waals surface area contributed by atoms with Crippen molar-refractivity contribution in [1.82, 2.24) is 9.62 Å². The molecule has 1 saturated heterocycles. The normalized spacial score (nSPS) is 20.9. The van der Waals surface area contributed by atoms with Gasteiger partial charge in [0.2, 0.25) is 15.9 Å². The maximum atomic E-state index is 12.0. The van der Waals surface area contributed by atoms with Crippen molar-refractivity contribution in [3.63, 3.8) is 0 Å². The monoisotopic (exact) mass is 304 g/mol. The second-order valence-electron chi connectivity index (χ2n) is 5.43. The van der Waals surface area contributed by atoms with Gasteiger partial charge in [0.25, 0.3) is 0 Å². The molecule has 0 unspecified atom stereocenters. The second kappa shape index (κ2) is 6.09. The molecule has 7 nitrogen and oxygen atoms in total. The minimum Gasteiger partial charge on any atom is -0.481 e. The minimum absolute atomic E-state index is 0.0682. The van der Waals surface area contributed by atoms with Crippen molar-refractivity contribution in [2.75, 3.05) is 19.6 Å². The van der Waals surface area contributed by atoms with Gasteiger partial charge in [0, 0.05) is 25.6 Å². The first-order valence-corrected chi connectivity index (χ1v) is 8.44. The lowest BCUT2D eigenvalue weighted by atomic mass is 10.0. The van der Waals surface area contributed by atoms with E-state index in [2.05, 4.69) is 4.72 Å². The highest BCUT2D eigenvalue weighted by atomic mass is 32.2. The van der Waals surface area contributed by atoms with Crippen LogP contribution in [0.2, 0.25) is 0 Å². The first-order chi connectivity index (χ1) is 9.40. The SMILES string of the molecule is O=C(O)CCNS(=O)(=O)C1CN(C(=O)C2CCCC2)C1. The van der Waals surface area contributed by atoms with E-state index in [1.54, 1.807) is 4.90 Å². The molecule has 20 heavy (non-hydrogen) atoms. The third-order valence-corrected chi connectivity index (χ3v) is 5.73. The molecular formula is C12H20N2O5S. The third kappa shape index (κ3) is 3.49. The van der Waals surface area contributed by atoms with Gasteiger partial charge >= 0.3 is 5.97 Å². The Morgan fingerprint density at radius 2 is 1.80 bits per heavy atom. The molecule has 2 aliphatic rings. The highest BCUT2D eigenvalue weighted by Gasteiger charge is 2.41. The molecule has 0 bridgehead atoms. The number of aliphatic carboxylic acids is 1. The molecule has 1 heterocycles. The molecule has 0 atom stereocenters. The van der Waals surface area contributed by atoms with Crippen molar-refractivity contribution in [3.05, 3.63) is 0 Å². The maximum Gasteiger partial charge on any atom is 0.304 e. The highest BCUT2D eigenvalue weighted by molar-refractivity contribution is 7.90. The lowest BCUT2D eigenvalue weighted by molar-refractivity contribution is -0.138. The molecular weight excluding hydrogens is 284 g/mol. The van der Waals surface area contributed by atoms with Gasteiger partial charge in [-0.1, -0.05) is 12.8 Å². The topological polar surface area (TPSA) is 104 Å². The van der Waals surface area contributed by atoms with Gasteiger partial charge < -0.3 is 10.0 Å². The van der Waals surface area contributed by atoms with Crippen LogP contribution in [-0.2, 0) is 19.6 Å². The Morgan fingerprint density at radius 1 is 1.20 bits per heavy atom. The quantitative estimate of drug-likeness (QED) is 0.706. The molecule has 114 valence electrons. The van der Waals surface area contributed by atoms with Crippen LogP contribution in [0.15, 0.2) is 0 Å². The number of sulfonamides is 1. The predicted molar refractivity (Wildman–Crippen MR) is 71.5 cm³/mol. The Balaban J connectivity index is 1.76. The number of hydrogen-bond acceptors (Lipinski definition) is 4. The zero-order chi connectivity index (χ0) is 14.8. The Hall–Kier alpha value is -1.15. The molecule has 2 rings (SSSR count). The molecule has 0 spiro atoms. The first-order valence-electron chi connectivity index (χ1n) is 6.89. The van der Waals surface area contributed by atoms with Crippen molar-refractivity contribution >= 4 is 21.9 Å². The fraction of sp³-hybridized carbons (Fsp3) is 0.833. The number of nitrogens with one attached hydrogen (secondary N) is 1. The van der Waals surface area contributed by atoms with Crippen LogP contribution in [-0.4, -0.2) is 55.2 Å². The Labute approximate surface area is 118 Å². The molecule has 8 heteroatoms. The summed E-state index contributed by atoms with van der Waals surface area (Å²) >= 11 is 0. The standard InChI is InChI=1S/C12H20N2O5S/c15-11(16)5-6-13-20(18,19)10-7-14(8-10)12(17)9-3-1-2-4-9/h9-10,13H,1-8H2,(H,15,16). The van der Waals surface area contributed by atoms with Gasteiger partial charge in [-0.2, -0.15) is 0 Å². The van der Waals surface area contributed by atoms with Crippen LogP contribution in [0, 0.1) is 5.92 Å². The van der Waals surface area contributed by atoms with Gasteiger partial charge in [-0.25, -0.2) is 13.1 Å².